The SMILES string of the molecule is Cc1cccc2[nH]c(C3CCCN(Cc4cc(C#N)n(C)c4C)C3)nc12. The molecule has 5 heteroatoms. The number of hydrogen-bond acceptors (Lipinski definition) is 3. The number of aromatic nitrogens is 3. The summed E-state index contributed by atoms with van der Waals surface area (Å²) in [7, 11) is 1.97. The van der Waals surface area contributed by atoms with E-state index in [-0.39, 0.29) is 0 Å². The highest BCUT2D eigenvalue weighted by molar-refractivity contribution is 5.78. The fourth-order valence-corrected chi connectivity index (χ4v) is 4.08. The molecule has 0 bridgehead atoms. The van der Waals surface area contributed by atoms with Gasteiger partial charge < -0.3 is 9.55 Å². The van der Waals surface area contributed by atoms with Gasteiger partial charge in [-0.2, -0.15) is 5.26 Å². The van der Waals surface area contributed by atoms with E-state index in [1.54, 1.807) is 0 Å². The second-order valence-electron chi connectivity index (χ2n) is 7.48. The first-order valence-corrected chi connectivity index (χ1v) is 9.29. The molecule has 1 aromatic carbocycles. The minimum atomic E-state index is 0.440. The van der Waals surface area contributed by atoms with Gasteiger partial charge >= 0.3 is 0 Å². The van der Waals surface area contributed by atoms with Crippen LogP contribution in [0.15, 0.2) is 24.3 Å². The van der Waals surface area contributed by atoms with E-state index in [2.05, 4.69) is 48.0 Å². The van der Waals surface area contributed by atoms with Crippen molar-refractivity contribution in [3.8, 4) is 6.07 Å². The number of nitrogens with zero attached hydrogens (tertiary/aromatic N) is 4. The van der Waals surface area contributed by atoms with E-state index in [0.29, 0.717) is 5.92 Å². The monoisotopic (exact) mass is 347 g/mol. The highest BCUT2D eigenvalue weighted by Crippen LogP contribution is 2.29. The molecule has 2 aromatic heterocycles. The van der Waals surface area contributed by atoms with Crippen molar-refractivity contribution in [2.45, 2.75) is 39.2 Å². The summed E-state index contributed by atoms with van der Waals surface area (Å²) in [5.41, 5.74) is 6.63. The van der Waals surface area contributed by atoms with Gasteiger partial charge in [-0.05, 0) is 56.5 Å². The molecule has 0 aliphatic carbocycles. The Labute approximate surface area is 154 Å². The standard InChI is InChI=1S/C21H25N5/c1-14-6-4-8-19-20(14)24-21(23-19)16-7-5-9-26(12-16)13-17-10-18(11-22)25(3)15(17)2/h4,6,8,10,16H,5,7,9,12-13H2,1-3H3,(H,23,24). The van der Waals surface area contributed by atoms with Crippen molar-refractivity contribution < 1.29 is 0 Å². The summed E-state index contributed by atoms with van der Waals surface area (Å²) in [6, 6.07) is 10.6. The molecule has 1 N–H and O–H groups in total. The normalized spacial score (nSPS) is 18.3. The fourth-order valence-electron chi connectivity index (χ4n) is 4.08. The highest BCUT2D eigenvalue weighted by Gasteiger charge is 2.25. The maximum absolute atomic E-state index is 9.25. The Bertz CT molecular complexity index is 988. The van der Waals surface area contributed by atoms with Gasteiger partial charge in [0.25, 0.3) is 0 Å². The summed E-state index contributed by atoms with van der Waals surface area (Å²) >= 11 is 0. The minimum absolute atomic E-state index is 0.440. The van der Waals surface area contributed by atoms with Gasteiger partial charge in [0.15, 0.2) is 0 Å². The first-order chi connectivity index (χ1) is 12.6. The second kappa shape index (κ2) is 6.62. The first kappa shape index (κ1) is 16.9. The lowest BCUT2D eigenvalue weighted by Gasteiger charge is -2.31. The van der Waals surface area contributed by atoms with Gasteiger partial charge in [-0.1, -0.05) is 12.1 Å². The third kappa shape index (κ3) is 2.91. The molecule has 1 fully saturated rings. The first-order valence-electron chi connectivity index (χ1n) is 9.29. The fraction of sp³-hybridized carbons (Fsp3) is 0.429. The predicted octanol–water partition coefficient (Wildman–Crippen LogP) is 3.77. The smallest absolute Gasteiger partial charge is 0.120 e. The Kier molecular flexibility index (Phi) is 4.29. The van der Waals surface area contributed by atoms with E-state index < -0.39 is 0 Å². The maximum atomic E-state index is 9.25. The molecule has 0 radical (unpaired) electrons. The van der Waals surface area contributed by atoms with Crippen molar-refractivity contribution >= 4 is 11.0 Å². The number of aryl methyl sites for hydroxylation is 1. The summed E-state index contributed by atoms with van der Waals surface area (Å²) < 4.78 is 1.98. The van der Waals surface area contributed by atoms with Gasteiger partial charge in [-0.15, -0.1) is 0 Å². The van der Waals surface area contributed by atoms with Gasteiger partial charge in [0.1, 0.15) is 17.6 Å². The van der Waals surface area contributed by atoms with E-state index in [9.17, 15) is 5.26 Å². The minimum Gasteiger partial charge on any atom is -0.342 e. The predicted molar refractivity (Wildman–Crippen MR) is 103 cm³/mol. The average molecular weight is 347 g/mol. The number of H-pyrrole nitrogens is 1. The van der Waals surface area contributed by atoms with Crippen molar-refractivity contribution in [3.63, 3.8) is 0 Å². The molecule has 1 aliphatic rings. The van der Waals surface area contributed by atoms with E-state index in [1.807, 2.05) is 17.7 Å². The van der Waals surface area contributed by atoms with E-state index in [1.165, 1.54) is 29.7 Å². The molecule has 3 heterocycles. The molecule has 134 valence electrons. The number of aromatic amines is 1. The number of para-hydroxylation sites is 1. The molecular weight excluding hydrogens is 322 g/mol. The van der Waals surface area contributed by atoms with Crippen LogP contribution < -0.4 is 0 Å². The van der Waals surface area contributed by atoms with Gasteiger partial charge in [-0.25, -0.2) is 4.98 Å². The summed E-state index contributed by atoms with van der Waals surface area (Å²) in [6.07, 6.45) is 2.35. The third-order valence-electron chi connectivity index (χ3n) is 5.77. The van der Waals surface area contributed by atoms with Crippen LogP contribution in [0.5, 0.6) is 0 Å². The summed E-state index contributed by atoms with van der Waals surface area (Å²) in [6.45, 7) is 7.23. The molecular formula is C21H25N5. The zero-order valence-electron chi connectivity index (χ0n) is 15.7. The Morgan fingerprint density at radius 3 is 2.92 bits per heavy atom. The van der Waals surface area contributed by atoms with Crippen LogP contribution in [0.2, 0.25) is 0 Å². The van der Waals surface area contributed by atoms with Crippen molar-refractivity contribution in [1.29, 1.82) is 5.26 Å². The Morgan fingerprint density at radius 2 is 2.19 bits per heavy atom. The van der Waals surface area contributed by atoms with Crippen LogP contribution in [0.4, 0.5) is 0 Å². The number of nitriles is 1. The lowest BCUT2D eigenvalue weighted by atomic mass is 9.97. The molecule has 1 unspecified atom stereocenters. The number of nitrogens with one attached hydrogen (secondary N) is 1. The van der Waals surface area contributed by atoms with Gasteiger partial charge in [0, 0.05) is 31.7 Å². The molecule has 0 amide bonds. The number of piperidine rings is 1. The van der Waals surface area contributed by atoms with Crippen molar-refractivity contribution in [2.24, 2.45) is 7.05 Å². The molecule has 3 aromatic rings. The number of fused-ring (bicyclic) bond motifs is 1. The lowest BCUT2D eigenvalue weighted by Crippen LogP contribution is -2.34. The van der Waals surface area contributed by atoms with Crippen LogP contribution in [0, 0.1) is 25.2 Å². The van der Waals surface area contributed by atoms with Crippen LogP contribution in [0.1, 0.15) is 47.1 Å². The lowest BCUT2D eigenvalue weighted by molar-refractivity contribution is 0.197. The van der Waals surface area contributed by atoms with Crippen molar-refractivity contribution in [3.05, 3.63) is 52.6 Å². The third-order valence-corrected chi connectivity index (χ3v) is 5.77. The molecule has 5 nitrogen and oxygen atoms in total. The summed E-state index contributed by atoms with van der Waals surface area (Å²) in [5.74, 6) is 1.55. The summed E-state index contributed by atoms with van der Waals surface area (Å²) in [5, 5.41) is 9.25. The van der Waals surface area contributed by atoms with Crippen LogP contribution in [0.25, 0.3) is 11.0 Å². The number of hydrogen-bond donors (Lipinski definition) is 1. The maximum Gasteiger partial charge on any atom is 0.120 e. The number of likely N-dealkylation sites (tertiary alicyclic amines) is 1. The molecule has 26 heavy (non-hydrogen) atoms. The Hall–Kier alpha value is -2.58. The molecule has 0 spiro atoms. The van der Waals surface area contributed by atoms with E-state index in [0.717, 1.165) is 42.2 Å². The number of benzene rings is 1. The number of rotatable bonds is 3. The van der Waals surface area contributed by atoms with Crippen LogP contribution in [0.3, 0.4) is 0 Å². The topological polar surface area (TPSA) is 60.6 Å². The van der Waals surface area contributed by atoms with Crippen LogP contribution >= 0.6 is 0 Å². The van der Waals surface area contributed by atoms with Gasteiger partial charge in [0.2, 0.25) is 0 Å². The van der Waals surface area contributed by atoms with E-state index >= 15 is 0 Å². The number of imidazole rings is 1. The Morgan fingerprint density at radius 1 is 1.35 bits per heavy atom. The average Bonchev–Trinajstić information content (AvgIpc) is 3.20. The molecule has 1 aliphatic heterocycles. The van der Waals surface area contributed by atoms with Crippen LogP contribution in [-0.2, 0) is 13.6 Å². The largest absolute Gasteiger partial charge is 0.342 e. The van der Waals surface area contributed by atoms with Crippen molar-refractivity contribution in [2.75, 3.05) is 13.1 Å². The molecule has 0 saturated carbocycles. The summed E-state index contributed by atoms with van der Waals surface area (Å²) in [4.78, 5) is 10.9. The van der Waals surface area contributed by atoms with Gasteiger partial charge in [0.05, 0.1) is 11.0 Å². The quantitative estimate of drug-likeness (QED) is 0.784. The second-order valence-corrected chi connectivity index (χ2v) is 7.48. The molecule has 4 rings (SSSR count). The zero-order valence-corrected chi connectivity index (χ0v) is 15.7. The molecule has 1 saturated heterocycles. The van der Waals surface area contributed by atoms with E-state index in [4.69, 9.17) is 4.98 Å². The van der Waals surface area contributed by atoms with Gasteiger partial charge in [-0.3, -0.25) is 4.90 Å². The zero-order chi connectivity index (χ0) is 18.3. The van der Waals surface area contributed by atoms with Crippen molar-refractivity contribution in [1.82, 2.24) is 19.4 Å². The highest BCUT2D eigenvalue weighted by atomic mass is 15.1. The molecule has 1 atom stereocenters. The Balaban J connectivity index is 1.54. The van der Waals surface area contributed by atoms with Crippen LogP contribution in [-0.4, -0.2) is 32.5 Å².